The number of aromatic nitrogens is 2. The van der Waals surface area contributed by atoms with Crippen molar-refractivity contribution < 1.29 is 9.47 Å². The second-order valence-corrected chi connectivity index (χ2v) is 8.93. The third kappa shape index (κ3) is 7.75. The van der Waals surface area contributed by atoms with Crippen molar-refractivity contribution in [3.05, 3.63) is 54.1 Å². The van der Waals surface area contributed by atoms with Crippen LogP contribution < -0.4 is 9.47 Å². The lowest BCUT2D eigenvalue weighted by atomic mass is 10.1. The van der Waals surface area contributed by atoms with E-state index in [9.17, 15) is 0 Å². The van der Waals surface area contributed by atoms with Gasteiger partial charge in [0, 0.05) is 11.8 Å². The molecule has 0 fully saturated rings. The topological polar surface area (TPSA) is 56.6 Å². The van der Waals surface area contributed by atoms with Crippen LogP contribution in [0, 0.1) is 5.92 Å². The Morgan fingerprint density at radius 1 is 0.906 bits per heavy atom. The van der Waals surface area contributed by atoms with Gasteiger partial charge in [0.15, 0.2) is 0 Å². The number of hydrogen-bond acceptors (Lipinski definition) is 6. The minimum Gasteiger partial charge on any atom is -0.494 e. The lowest BCUT2D eigenvalue weighted by Crippen LogP contribution is -2.07. The van der Waals surface area contributed by atoms with E-state index in [1.807, 2.05) is 48.5 Å². The second-order valence-electron chi connectivity index (χ2n) is 7.97. The summed E-state index contributed by atoms with van der Waals surface area (Å²) in [6, 6.07) is 16.0. The number of rotatable bonds is 13. The molecule has 3 rings (SSSR count). The lowest BCUT2D eigenvalue weighted by Gasteiger charge is -2.10. The Kier molecular flexibility index (Phi) is 9.69. The maximum absolute atomic E-state index is 5.81. The van der Waals surface area contributed by atoms with Gasteiger partial charge in [0.1, 0.15) is 16.5 Å². The minimum absolute atomic E-state index is 0.558. The Balaban J connectivity index is 1.51. The number of nitrogens with zero attached hydrogens (tertiary/aromatic N) is 3. The highest BCUT2D eigenvalue weighted by Crippen LogP contribution is 2.29. The van der Waals surface area contributed by atoms with Crippen LogP contribution >= 0.6 is 11.3 Å². The van der Waals surface area contributed by atoms with E-state index in [0.29, 0.717) is 11.0 Å². The van der Waals surface area contributed by atoms with Crippen LogP contribution in [-0.4, -0.2) is 29.6 Å². The third-order valence-electron chi connectivity index (χ3n) is 5.22. The maximum Gasteiger partial charge on any atom is 0.231 e. The largest absolute Gasteiger partial charge is 0.494 e. The van der Waals surface area contributed by atoms with E-state index < -0.39 is 0 Å². The molecule has 1 heterocycles. The summed E-state index contributed by atoms with van der Waals surface area (Å²) < 4.78 is 11.6. The average Bonchev–Trinajstić information content (AvgIpc) is 3.31. The van der Waals surface area contributed by atoms with Crippen LogP contribution in [0.1, 0.15) is 58.4 Å². The van der Waals surface area contributed by atoms with E-state index in [1.165, 1.54) is 30.6 Å². The van der Waals surface area contributed by atoms with Crippen LogP contribution in [0.4, 0.5) is 5.13 Å². The quantitative estimate of drug-likeness (QED) is 0.201. The molecular formula is C26H33N3O2S. The molecule has 0 radical (unpaired) electrons. The smallest absolute Gasteiger partial charge is 0.231 e. The second kappa shape index (κ2) is 13.0. The van der Waals surface area contributed by atoms with E-state index in [4.69, 9.17) is 9.47 Å². The summed E-state index contributed by atoms with van der Waals surface area (Å²) in [4.78, 5) is 4.48. The molecule has 2 aromatic carbocycles. The standard InChI is InChI=1S/C26H33N3O2S/c1-4-6-7-8-17-30-23-15-11-22(12-16-23)25-28-29-26(32-25)27-18-21-9-13-24(14-10-21)31-19-20(3)5-2/h9-16,18,20H,4-8,17,19H2,1-3H3/b27-18+/t20-/m0/s1. The molecule has 1 aromatic heterocycles. The van der Waals surface area contributed by atoms with E-state index in [1.54, 1.807) is 6.21 Å². The Hall–Kier alpha value is -2.73. The Bertz CT molecular complexity index is 952. The average molecular weight is 452 g/mol. The molecule has 0 N–H and O–H groups in total. The van der Waals surface area contributed by atoms with Crippen LogP contribution in [0.2, 0.25) is 0 Å². The summed E-state index contributed by atoms with van der Waals surface area (Å²) in [5.74, 6) is 2.33. The highest BCUT2D eigenvalue weighted by atomic mass is 32.1. The molecule has 0 aliphatic rings. The van der Waals surface area contributed by atoms with Gasteiger partial charge in [0.2, 0.25) is 5.13 Å². The molecule has 0 amide bonds. The van der Waals surface area contributed by atoms with Crippen molar-refractivity contribution in [1.29, 1.82) is 0 Å². The van der Waals surface area contributed by atoms with Crippen LogP contribution in [-0.2, 0) is 0 Å². The number of ether oxygens (including phenoxy) is 2. The first-order chi connectivity index (χ1) is 15.7. The normalized spacial score (nSPS) is 12.2. The van der Waals surface area contributed by atoms with Crippen LogP contribution in [0.25, 0.3) is 10.6 Å². The van der Waals surface area contributed by atoms with E-state index in [2.05, 4.69) is 36.0 Å². The first-order valence-electron chi connectivity index (χ1n) is 11.5. The Morgan fingerprint density at radius 3 is 2.34 bits per heavy atom. The molecule has 5 nitrogen and oxygen atoms in total. The fourth-order valence-electron chi connectivity index (χ4n) is 2.93. The molecule has 0 bridgehead atoms. The molecule has 0 spiro atoms. The molecule has 0 unspecified atom stereocenters. The summed E-state index contributed by atoms with van der Waals surface area (Å²) in [6.45, 7) is 8.08. The number of benzene rings is 2. The predicted molar refractivity (Wildman–Crippen MR) is 134 cm³/mol. The summed E-state index contributed by atoms with van der Waals surface area (Å²) in [5.41, 5.74) is 2.02. The zero-order chi connectivity index (χ0) is 22.6. The van der Waals surface area contributed by atoms with E-state index in [-0.39, 0.29) is 0 Å². The van der Waals surface area contributed by atoms with Gasteiger partial charge < -0.3 is 9.47 Å². The molecule has 0 aliphatic heterocycles. The van der Waals surface area contributed by atoms with Crippen molar-refractivity contribution in [2.45, 2.75) is 52.9 Å². The van der Waals surface area contributed by atoms with Crippen LogP contribution in [0.15, 0.2) is 53.5 Å². The highest BCUT2D eigenvalue weighted by molar-refractivity contribution is 7.18. The van der Waals surface area contributed by atoms with Gasteiger partial charge >= 0.3 is 0 Å². The van der Waals surface area contributed by atoms with Crippen molar-refractivity contribution in [1.82, 2.24) is 10.2 Å². The summed E-state index contributed by atoms with van der Waals surface area (Å²) >= 11 is 1.47. The number of unbranched alkanes of at least 4 members (excludes halogenated alkanes) is 3. The summed E-state index contributed by atoms with van der Waals surface area (Å²) in [6.07, 6.45) is 7.74. The molecule has 6 heteroatoms. The molecule has 32 heavy (non-hydrogen) atoms. The van der Waals surface area contributed by atoms with Crippen molar-refractivity contribution >= 4 is 22.7 Å². The molecule has 170 valence electrons. The van der Waals surface area contributed by atoms with Gasteiger partial charge in [-0.15, -0.1) is 10.2 Å². The lowest BCUT2D eigenvalue weighted by molar-refractivity contribution is 0.256. The van der Waals surface area contributed by atoms with Crippen molar-refractivity contribution in [2.24, 2.45) is 10.9 Å². The monoisotopic (exact) mass is 451 g/mol. The molecular weight excluding hydrogens is 418 g/mol. The molecule has 0 saturated carbocycles. The van der Waals surface area contributed by atoms with Crippen LogP contribution in [0.5, 0.6) is 11.5 Å². The van der Waals surface area contributed by atoms with Gasteiger partial charge in [0.05, 0.1) is 13.2 Å². The van der Waals surface area contributed by atoms with Gasteiger partial charge in [-0.2, -0.15) is 0 Å². The van der Waals surface area contributed by atoms with Crippen molar-refractivity contribution in [3.63, 3.8) is 0 Å². The minimum atomic E-state index is 0.558. The molecule has 0 saturated heterocycles. The van der Waals surface area contributed by atoms with Crippen molar-refractivity contribution in [3.8, 4) is 22.1 Å². The van der Waals surface area contributed by atoms with Gasteiger partial charge in [-0.25, -0.2) is 4.99 Å². The van der Waals surface area contributed by atoms with Gasteiger partial charge in [-0.05, 0) is 66.4 Å². The zero-order valence-corrected chi connectivity index (χ0v) is 20.1. The SMILES string of the molecule is CCCCCCOc1ccc(-c2nnc(/N=C/c3ccc(OC[C@@H](C)CC)cc3)s2)cc1. The van der Waals surface area contributed by atoms with Gasteiger partial charge in [-0.3, -0.25) is 0 Å². The Labute approximate surface area is 195 Å². The van der Waals surface area contributed by atoms with E-state index in [0.717, 1.165) is 53.7 Å². The summed E-state index contributed by atoms with van der Waals surface area (Å²) in [7, 11) is 0. The molecule has 3 aromatic rings. The number of hydrogen-bond donors (Lipinski definition) is 0. The Morgan fingerprint density at radius 2 is 1.62 bits per heavy atom. The highest BCUT2D eigenvalue weighted by Gasteiger charge is 2.06. The van der Waals surface area contributed by atoms with Crippen molar-refractivity contribution in [2.75, 3.05) is 13.2 Å². The van der Waals surface area contributed by atoms with Gasteiger partial charge in [-0.1, -0.05) is 57.8 Å². The molecule has 1 atom stereocenters. The first-order valence-corrected chi connectivity index (χ1v) is 12.3. The third-order valence-corrected chi connectivity index (χ3v) is 6.10. The van der Waals surface area contributed by atoms with Gasteiger partial charge in [0.25, 0.3) is 0 Å². The maximum atomic E-state index is 5.81. The molecule has 0 aliphatic carbocycles. The predicted octanol–water partition coefficient (Wildman–Crippen LogP) is 7.34. The zero-order valence-electron chi connectivity index (χ0n) is 19.3. The first kappa shape index (κ1) is 23.9. The summed E-state index contributed by atoms with van der Waals surface area (Å²) in [5, 5.41) is 9.96. The fraction of sp³-hybridized carbons (Fsp3) is 0.423. The number of aliphatic imine (C=N–C) groups is 1. The fourth-order valence-corrected chi connectivity index (χ4v) is 3.63. The van der Waals surface area contributed by atoms with E-state index >= 15 is 0 Å². The van der Waals surface area contributed by atoms with Crippen LogP contribution in [0.3, 0.4) is 0 Å².